The molecule has 0 aromatic heterocycles. The molecule has 0 aliphatic carbocycles. The van der Waals surface area contributed by atoms with Crippen molar-refractivity contribution in [3.8, 4) is 12.3 Å². The van der Waals surface area contributed by atoms with Crippen LogP contribution in [0.4, 0.5) is 4.39 Å². The molecule has 1 amide bonds. The molecule has 0 bridgehead atoms. The van der Waals surface area contributed by atoms with Crippen molar-refractivity contribution in [3.05, 3.63) is 41.3 Å². The Morgan fingerprint density at radius 1 is 1.42 bits per heavy atom. The van der Waals surface area contributed by atoms with E-state index in [1.165, 1.54) is 37.3 Å². The van der Waals surface area contributed by atoms with Crippen LogP contribution in [0.25, 0.3) is 6.08 Å². The van der Waals surface area contributed by atoms with E-state index in [1.807, 2.05) is 0 Å². The molecule has 0 spiro atoms. The third-order valence-electron chi connectivity index (χ3n) is 2.00. The SMILES string of the molecule is C#CCOC(=O)C(=Cc1ccc(F)cc1)NC(C)=O. The van der Waals surface area contributed by atoms with Crippen LogP contribution in [-0.2, 0) is 14.3 Å². The topological polar surface area (TPSA) is 55.4 Å². The zero-order valence-electron chi connectivity index (χ0n) is 10.3. The molecule has 19 heavy (non-hydrogen) atoms. The lowest BCUT2D eigenvalue weighted by molar-refractivity contribution is -0.139. The van der Waals surface area contributed by atoms with E-state index in [0.29, 0.717) is 5.56 Å². The summed E-state index contributed by atoms with van der Waals surface area (Å²) >= 11 is 0. The van der Waals surface area contributed by atoms with Crippen molar-refractivity contribution < 1.29 is 18.7 Å². The van der Waals surface area contributed by atoms with Gasteiger partial charge in [0.1, 0.15) is 11.5 Å². The van der Waals surface area contributed by atoms with Crippen molar-refractivity contribution in [2.45, 2.75) is 6.92 Å². The second-order valence-electron chi connectivity index (χ2n) is 3.57. The molecular weight excluding hydrogens is 249 g/mol. The Kier molecular flexibility index (Phi) is 5.30. The van der Waals surface area contributed by atoms with Crippen molar-refractivity contribution >= 4 is 18.0 Å². The summed E-state index contributed by atoms with van der Waals surface area (Å²) in [5, 5.41) is 2.34. The molecule has 0 fully saturated rings. The Labute approximate surface area is 110 Å². The van der Waals surface area contributed by atoms with Gasteiger partial charge in [-0.2, -0.15) is 0 Å². The molecule has 1 aromatic carbocycles. The average Bonchev–Trinajstić information content (AvgIpc) is 2.37. The monoisotopic (exact) mass is 261 g/mol. The first-order valence-corrected chi connectivity index (χ1v) is 5.38. The first-order chi connectivity index (χ1) is 9.02. The molecular formula is C14H12FNO3. The molecule has 0 atom stereocenters. The van der Waals surface area contributed by atoms with E-state index < -0.39 is 17.7 Å². The number of terminal acetylenes is 1. The molecule has 0 aliphatic rings. The van der Waals surface area contributed by atoms with Crippen LogP contribution in [0.2, 0.25) is 0 Å². The summed E-state index contributed by atoms with van der Waals surface area (Å²) < 4.78 is 17.5. The second kappa shape index (κ2) is 6.97. The summed E-state index contributed by atoms with van der Waals surface area (Å²) in [7, 11) is 0. The van der Waals surface area contributed by atoms with Gasteiger partial charge in [0.25, 0.3) is 0 Å². The van der Waals surface area contributed by atoms with Gasteiger partial charge in [-0.15, -0.1) is 6.42 Å². The number of rotatable bonds is 4. The lowest BCUT2D eigenvalue weighted by Gasteiger charge is -2.07. The van der Waals surface area contributed by atoms with Crippen LogP contribution < -0.4 is 5.32 Å². The van der Waals surface area contributed by atoms with Gasteiger partial charge in [0.05, 0.1) is 0 Å². The Morgan fingerprint density at radius 2 is 2.05 bits per heavy atom. The Bertz CT molecular complexity index is 541. The van der Waals surface area contributed by atoms with Crippen molar-refractivity contribution in [1.29, 1.82) is 0 Å². The number of carbonyl (C=O) groups excluding carboxylic acids is 2. The smallest absolute Gasteiger partial charge is 0.355 e. The maximum Gasteiger partial charge on any atom is 0.355 e. The third kappa shape index (κ3) is 5.04. The number of halogens is 1. The number of hydrogen-bond acceptors (Lipinski definition) is 3. The maximum atomic E-state index is 12.8. The lowest BCUT2D eigenvalue weighted by atomic mass is 10.2. The molecule has 0 radical (unpaired) electrons. The van der Waals surface area contributed by atoms with Crippen LogP contribution in [0, 0.1) is 18.2 Å². The second-order valence-corrected chi connectivity index (χ2v) is 3.57. The molecule has 1 aromatic rings. The third-order valence-corrected chi connectivity index (χ3v) is 2.00. The summed E-state index contributed by atoms with van der Waals surface area (Å²) in [5.74, 6) is 0.573. The van der Waals surface area contributed by atoms with E-state index in [9.17, 15) is 14.0 Å². The van der Waals surface area contributed by atoms with E-state index in [4.69, 9.17) is 11.2 Å². The van der Waals surface area contributed by atoms with Gasteiger partial charge in [0.2, 0.25) is 5.91 Å². The van der Waals surface area contributed by atoms with Crippen molar-refractivity contribution in [2.24, 2.45) is 0 Å². The lowest BCUT2D eigenvalue weighted by Crippen LogP contribution is -2.26. The highest BCUT2D eigenvalue weighted by Gasteiger charge is 2.12. The molecule has 1 rings (SSSR count). The first kappa shape index (κ1) is 14.5. The summed E-state index contributed by atoms with van der Waals surface area (Å²) in [4.78, 5) is 22.7. The minimum absolute atomic E-state index is 0.0608. The zero-order chi connectivity index (χ0) is 14.3. The molecule has 98 valence electrons. The van der Waals surface area contributed by atoms with Gasteiger partial charge in [0, 0.05) is 6.92 Å². The summed E-state index contributed by atoms with van der Waals surface area (Å²) in [6.45, 7) is 1.06. The largest absolute Gasteiger partial charge is 0.448 e. The van der Waals surface area contributed by atoms with E-state index >= 15 is 0 Å². The fraction of sp³-hybridized carbons (Fsp3) is 0.143. The normalized spacial score (nSPS) is 10.5. The quantitative estimate of drug-likeness (QED) is 0.507. The summed E-state index contributed by atoms with van der Waals surface area (Å²) in [6, 6.07) is 5.41. The predicted octanol–water partition coefficient (Wildman–Crippen LogP) is 1.48. The highest BCUT2D eigenvalue weighted by atomic mass is 19.1. The molecule has 0 heterocycles. The summed E-state index contributed by atoms with van der Waals surface area (Å²) in [6.07, 6.45) is 6.35. The number of esters is 1. The number of hydrogen-bond donors (Lipinski definition) is 1. The zero-order valence-corrected chi connectivity index (χ0v) is 10.3. The van der Waals surface area contributed by atoms with Crippen LogP contribution in [0.5, 0.6) is 0 Å². The average molecular weight is 261 g/mol. The highest BCUT2D eigenvalue weighted by molar-refractivity contribution is 5.97. The Morgan fingerprint density at radius 3 is 2.58 bits per heavy atom. The van der Waals surface area contributed by atoms with Crippen LogP contribution in [0.15, 0.2) is 30.0 Å². The van der Waals surface area contributed by atoms with Gasteiger partial charge >= 0.3 is 5.97 Å². The fourth-order valence-corrected chi connectivity index (χ4v) is 1.25. The van der Waals surface area contributed by atoms with Crippen LogP contribution in [0.1, 0.15) is 12.5 Å². The molecule has 1 N–H and O–H groups in total. The highest BCUT2D eigenvalue weighted by Crippen LogP contribution is 2.08. The van der Waals surface area contributed by atoms with Crippen LogP contribution in [0.3, 0.4) is 0 Å². The predicted molar refractivity (Wildman–Crippen MR) is 68.0 cm³/mol. The van der Waals surface area contributed by atoms with E-state index in [-0.39, 0.29) is 12.3 Å². The van der Waals surface area contributed by atoms with E-state index in [2.05, 4.69) is 11.2 Å². The van der Waals surface area contributed by atoms with Crippen molar-refractivity contribution in [3.63, 3.8) is 0 Å². The maximum absolute atomic E-state index is 12.8. The Hall–Kier alpha value is -2.61. The minimum Gasteiger partial charge on any atom is -0.448 e. The van der Waals surface area contributed by atoms with Gasteiger partial charge in [-0.1, -0.05) is 18.1 Å². The fourth-order valence-electron chi connectivity index (χ4n) is 1.25. The first-order valence-electron chi connectivity index (χ1n) is 5.38. The Balaban J connectivity index is 2.95. The standard InChI is InChI=1S/C14H12FNO3/c1-3-8-19-14(18)13(16-10(2)17)9-11-4-6-12(15)7-5-11/h1,4-7,9H,8H2,2H3,(H,16,17). The molecule has 4 nitrogen and oxygen atoms in total. The van der Waals surface area contributed by atoms with Gasteiger partial charge < -0.3 is 10.1 Å². The van der Waals surface area contributed by atoms with E-state index in [1.54, 1.807) is 0 Å². The molecule has 0 aliphatic heterocycles. The van der Waals surface area contributed by atoms with Gasteiger partial charge in [-0.25, -0.2) is 9.18 Å². The van der Waals surface area contributed by atoms with Crippen molar-refractivity contribution in [1.82, 2.24) is 5.32 Å². The van der Waals surface area contributed by atoms with Crippen LogP contribution in [-0.4, -0.2) is 18.5 Å². The van der Waals surface area contributed by atoms with Gasteiger partial charge in [-0.3, -0.25) is 4.79 Å². The number of carbonyl (C=O) groups is 2. The molecule has 5 heteroatoms. The molecule has 0 unspecified atom stereocenters. The minimum atomic E-state index is -0.752. The van der Waals surface area contributed by atoms with Crippen LogP contribution >= 0.6 is 0 Å². The van der Waals surface area contributed by atoms with Gasteiger partial charge in [0.15, 0.2) is 6.61 Å². The summed E-state index contributed by atoms with van der Waals surface area (Å²) in [5.41, 5.74) is 0.483. The number of nitrogens with one attached hydrogen (secondary N) is 1. The van der Waals surface area contributed by atoms with Gasteiger partial charge in [-0.05, 0) is 23.8 Å². The number of amides is 1. The molecule has 0 saturated carbocycles. The van der Waals surface area contributed by atoms with E-state index in [0.717, 1.165) is 0 Å². The van der Waals surface area contributed by atoms with Crippen molar-refractivity contribution in [2.75, 3.05) is 6.61 Å². The number of benzene rings is 1. The molecule has 0 saturated heterocycles. The number of ether oxygens (including phenoxy) is 1.